The van der Waals surface area contributed by atoms with Crippen molar-refractivity contribution in [2.45, 2.75) is 38.1 Å². The van der Waals surface area contributed by atoms with Gasteiger partial charge in [0.2, 0.25) is 0 Å². The van der Waals surface area contributed by atoms with Crippen LogP contribution < -0.4 is 0 Å². The number of nitrogens with zero attached hydrogens (tertiary/aromatic N) is 1. The zero-order chi connectivity index (χ0) is 15.6. The van der Waals surface area contributed by atoms with E-state index in [1.54, 1.807) is 0 Å². The quantitative estimate of drug-likeness (QED) is 0.781. The molecule has 1 aromatic carbocycles. The minimum atomic E-state index is 0.0627. The average molecular weight is 308 g/mol. The minimum Gasteiger partial charge on any atom is -0.512 e. The number of H-pyrrole nitrogens is 1. The molecule has 23 heavy (non-hydrogen) atoms. The van der Waals surface area contributed by atoms with E-state index in [4.69, 9.17) is 0 Å². The van der Waals surface area contributed by atoms with Crippen molar-refractivity contribution in [2.24, 2.45) is 5.92 Å². The molecule has 2 aromatic rings. The highest BCUT2D eigenvalue weighted by Gasteiger charge is 2.44. The highest BCUT2D eigenvalue weighted by molar-refractivity contribution is 5.96. The van der Waals surface area contributed by atoms with Crippen LogP contribution in [0.15, 0.2) is 35.6 Å². The number of amides is 1. The molecule has 2 N–H and O–H groups in total. The van der Waals surface area contributed by atoms with Crippen LogP contribution in [0.25, 0.3) is 10.9 Å². The third-order valence-corrected chi connectivity index (χ3v) is 5.84. The van der Waals surface area contributed by atoms with Gasteiger partial charge in [0.15, 0.2) is 0 Å². The third-order valence-electron chi connectivity index (χ3n) is 5.84. The number of aliphatic hydroxyl groups excluding tert-OH is 1. The number of hydrogen-bond acceptors (Lipinski definition) is 2. The summed E-state index contributed by atoms with van der Waals surface area (Å²) in [6.07, 6.45) is 4.49. The first-order valence-electron chi connectivity index (χ1n) is 8.56. The van der Waals surface area contributed by atoms with Gasteiger partial charge in [-0.15, -0.1) is 0 Å². The SMILES string of the molecule is O=C1C2=C(O)CCC[C@H]2C[C@H]2c3[nH]c4ccccc4c3CCN12. The molecule has 118 valence electrons. The topological polar surface area (TPSA) is 56.3 Å². The lowest BCUT2D eigenvalue weighted by Gasteiger charge is -2.44. The molecule has 1 aromatic heterocycles. The second-order valence-electron chi connectivity index (χ2n) is 7.01. The van der Waals surface area contributed by atoms with Crippen molar-refractivity contribution >= 4 is 16.8 Å². The number of para-hydroxylation sites is 1. The highest BCUT2D eigenvalue weighted by Crippen LogP contribution is 2.46. The van der Waals surface area contributed by atoms with Crippen LogP contribution in [0.1, 0.15) is 43.0 Å². The number of hydrogen-bond donors (Lipinski definition) is 2. The Kier molecular flexibility index (Phi) is 2.67. The molecule has 4 nitrogen and oxygen atoms in total. The Morgan fingerprint density at radius 1 is 1.22 bits per heavy atom. The summed E-state index contributed by atoms with van der Waals surface area (Å²) in [4.78, 5) is 18.5. The predicted octanol–water partition coefficient (Wildman–Crippen LogP) is 3.61. The number of rotatable bonds is 0. The van der Waals surface area contributed by atoms with Gasteiger partial charge in [0, 0.05) is 29.6 Å². The van der Waals surface area contributed by atoms with E-state index in [2.05, 4.69) is 23.2 Å². The molecule has 1 aliphatic carbocycles. The van der Waals surface area contributed by atoms with Crippen molar-refractivity contribution in [3.63, 3.8) is 0 Å². The molecule has 0 unspecified atom stereocenters. The van der Waals surface area contributed by atoms with E-state index < -0.39 is 0 Å². The van der Waals surface area contributed by atoms with E-state index in [0.717, 1.165) is 32.2 Å². The second-order valence-corrected chi connectivity index (χ2v) is 7.01. The third kappa shape index (κ3) is 1.75. The van der Waals surface area contributed by atoms with E-state index in [1.807, 2.05) is 11.0 Å². The van der Waals surface area contributed by atoms with Crippen molar-refractivity contribution in [1.82, 2.24) is 9.88 Å². The van der Waals surface area contributed by atoms with Crippen LogP contribution in [0.5, 0.6) is 0 Å². The van der Waals surface area contributed by atoms with Crippen molar-refractivity contribution in [1.29, 1.82) is 0 Å². The smallest absolute Gasteiger partial charge is 0.254 e. The highest BCUT2D eigenvalue weighted by atomic mass is 16.3. The molecule has 2 aliphatic heterocycles. The normalized spacial score (nSPS) is 27.0. The lowest BCUT2D eigenvalue weighted by Crippen LogP contribution is -2.47. The number of carbonyl (C=O) groups is 1. The van der Waals surface area contributed by atoms with Crippen LogP contribution in [0.4, 0.5) is 0 Å². The summed E-state index contributed by atoms with van der Waals surface area (Å²) in [5.41, 5.74) is 4.46. The fourth-order valence-electron chi connectivity index (χ4n) is 4.80. The Morgan fingerprint density at radius 2 is 2.09 bits per heavy atom. The van der Waals surface area contributed by atoms with Crippen LogP contribution in [-0.2, 0) is 11.2 Å². The predicted molar refractivity (Wildman–Crippen MR) is 88.1 cm³/mol. The van der Waals surface area contributed by atoms with Gasteiger partial charge in [0.25, 0.3) is 5.91 Å². The summed E-state index contributed by atoms with van der Waals surface area (Å²) in [5.74, 6) is 0.620. The molecule has 0 radical (unpaired) electrons. The molecule has 3 aliphatic rings. The molecule has 0 saturated carbocycles. The number of fused-ring (bicyclic) bond motifs is 6. The Labute approximate surface area is 134 Å². The minimum absolute atomic E-state index is 0.0627. The number of carbonyl (C=O) groups excluding carboxylic acids is 1. The molecule has 0 spiro atoms. The lowest BCUT2D eigenvalue weighted by molar-refractivity contribution is -0.134. The van der Waals surface area contributed by atoms with Crippen LogP contribution in [-0.4, -0.2) is 27.4 Å². The number of aromatic nitrogens is 1. The Balaban J connectivity index is 1.64. The van der Waals surface area contributed by atoms with Gasteiger partial charge in [0.1, 0.15) is 5.76 Å². The van der Waals surface area contributed by atoms with E-state index in [9.17, 15) is 9.90 Å². The van der Waals surface area contributed by atoms with E-state index in [0.29, 0.717) is 17.8 Å². The largest absolute Gasteiger partial charge is 0.512 e. The number of nitrogens with one attached hydrogen (secondary N) is 1. The van der Waals surface area contributed by atoms with E-state index >= 15 is 0 Å². The summed E-state index contributed by atoms with van der Waals surface area (Å²) < 4.78 is 0. The first-order chi connectivity index (χ1) is 11.2. The number of aromatic amines is 1. The average Bonchev–Trinajstić information content (AvgIpc) is 2.94. The van der Waals surface area contributed by atoms with E-state index in [-0.39, 0.29) is 17.9 Å². The monoisotopic (exact) mass is 308 g/mol. The maximum atomic E-state index is 12.9. The summed E-state index contributed by atoms with van der Waals surface area (Å²) in [6, 6.07) is 8.55. The van der Waals surface area contributed by atoms with Gasteiger partial charge in [-0.25, -0.2) is 0 Å². The zero-order valence-corrected chi connectivity index (χ0v) is 13.0. The second kappa shape index (κ2) is 4.63. The Bertz CT molecular complexity index is 848. The van der Waals surface area contributed by atoms with Crippen molar-refractivity contribution < 1.29 is 9.90 Å². The van der Waals surface area contributed by atoms with Crippen LogP contribution in [0.2, 0.25) is 0 Å². The zero-order valence-electron chi connectivity index (χ0n) is 13.0. The first-order valence-corrected chi connectivity index (χ1v) is 8.56. The van der Waals surface area contributed by atoms with Crippen LogP contribution in [0, 0.1) is 5.92 Å². The molecule has 4 heteroatoms. The van der Waals surface area contributed by atoms with Crippen molar-refractivity contribution in [2.75, 3.05) is 6.54 Å². The van der Waals surface area contributed by atoms with Crippen molar-refractivity contribution in [3.8, 4) is 0 Å². The Morgan fingerprint density at radius 3 is 3.00 bits per heavy atom. The van der Waals surface area contributed by atoms with Gasteiger partial charge in [-0.1, -0.05) is 18.2 Å². The van der Waals surface area contributed by atoms with Gasteiger partial charge in [-0.05, 0) is 43.2 Å². The van der Waals surface area contributed by atoms with Crippen LogP contribution >= 0.6 is 0 Å². The maximum Gasteiger partial charge on any atom is 0.254 e. The molecule has 5 rings (SSSR count). The van der Waals surface area contributed by atoms with Gasteiger partial charge in [-0.3, -0.25) is 4.79 Å². The van der Waals surface area contributed by atoms with Gasteiger partial charge < -0.3 is 15.0 Å². The number of benzene rings is 1. The van der Waals surface area contributed by atoms with E-state index in [1.165, 1.54) is 22.2 Å². The fraction of sp³-hybridized carbons (Fsp3) is 0.421. The maximum absolute atomic E-state index is 12.9. The van der Waals surface area contributed by atoms with Gasteiger partial charge in [-0.2, -0.15) is 0 Å². The molecule has 3 heterocycles. The molecule has 0 bridgehead atoms. The number of piperidine rings is 1. The van der Waals surface area contributed by atoms with Crippen molar-refractivity contribution in [3.05, 3.63) is 46.9 Å². The molecular formula is C19H20N2O2. The molecule has 2 atom stereocenters. The fourth-order valence-corrected chi connectivity index (χ4v) is 4.80. The Hall–Kier alpha value is -2.23. The summed E-state index contributed by atoms with van der Waals surface area (Å²) >= 11 is 0. The molecule has 1 saturated heterocycles. The molecular weight excluding hydrogens is 288 g/mol. The summed E-state index contributed by atoms with van der Waals surface area (Å²) in [6.45, 7) is 0.752. The summed E-state index contributed by atoms with van der Waals surface area (Å²) in [7, 11) is 0. The van der Waals surface area contributed by atoms with Crippen LogP contribution in [0.3, 0.4) is 0 Å². The standard InChI is InChI=1S/C19H20N2O2/c22-16-7-3-4-11-10-15-18-13(8-9-21(15)19(23)17(11)16)12-5-1-2-6-14(12)20-18/h1-2,5-6,11,15,20,22H,3-4,7-10H2/t11-,15-/m0/s1. The number of aliphatic hydroxyl groups is 1. The molecule has 1 fully saturated rings. The first kappa shape index (κ1) is 13.2. The summed E-state index contributed by atoms with van der Waals surface area (Å²) in [5, 5.41) is 11.5. The lowest BCUT2D eigenvalue weighted by atomic mass is 9.76. The van der Waals surface area contributed by atoms with Gasteiger partial charge in [0.05, 0.1) is 11.6 Å². The molecule has 1 amide bonds. The van der Waals surface area contributed by atoms with Gasteiger partial charge >= 0.3 is 0 Å². The number of allylic oxidation sites excluding steroid dienone is 1.